The summed E-state index contributed by atoms with van der Waals surface area (Å²) in [4.78, 5) is 28.0. The zero-order chi connectivity index (χ0) is 20.8. The number of anilines is 1. The standard InChI is InChI=1S/C21H20ClF2N3O2/c22-15-5-7-16(8-6-15)25-21(29)27-12-2-11-26(13-14-27)20(28)10-9-17-18(23)3-1-4-19(17)24/h1,3-10H,2,11-14H2,(H,25,29)/b10-9+. The number of nitrogens with one attached hydrogen (secondary N) is 1. The van der Waals surface area contributed by atoms with Crippen LogP contribution in [0.4, 0.5) is 19.3 Å². The van der Waals surface area contributed by atoms with Gasteiger partial charge in [0.1, 0.15) is 11.6 Å². The highest BCUT2D eigenvalue weighted by molar-refractivity contribution is 6.30. The lowest BCUT2D eigenvalue weighted by Gasteiger charge is -2.22. The van der Waals surface area contributed by atoms with Gasteiger partial charge in [0.15, 0.2) is 0 Å². The Morgan fingerprint density at radius 1 is 0.931 bits per heavy atom. The molecule has 0 aromatic heterocycles. The molecule has 2 aromatic carbocycles. The van der Waals surface area contributed by atoms with Crippen LogP contribution < -0.4 is 5.32 Å². The van der Waals surface area contributed by atoms with Crippen molar-refractivity contribution in [3.8, 4) is 0 Å². The Bertz CT molecular complexity index is 898. The van der Waals surface area contributed by atoms with Crippen LogP contribution in [-0.2, 0) is 4.79 Å². The van der Waals surface area contributed by atoms with Crippen molar-refractivity contribution in [3.05, 3.63) is 70.8 Å². The van der Waals surface area contributed by atoms with E-state index in [0.717, 1.165) is 24.3 Å². The van der Waals surface area contributed by atoms with Gasteiger partial charge in [-0.1, -0.05) is 17.7 Å². The number of rotatable bonds is 3. The molecule has 1 heterocycles. The van der Waals surface area contributed by atoms with Gasteiger partial charge in [-0.3, -0.25) is 4.79 Å². The molecule has 0 spiro atoms. The van der Waals surface area contributed by atoms with Gasteiger partial charge in [-0.2, -0.15) is 0 Å². The number of benzene rings is 2. The summed E-state index contributed by atoms with van der Waals surface area (Å²) in [5.41, 5.74) is 0.381. The summed E-state index contributed by atoms with van der Waals surface area (Å²) in [6, 6.07) is 10.1. The fourth-order valence-corrected chi connectivity index (χ4v) is 3.13. The first-order valence-electron chi connectivity index (χ1n) is 9.16. The molecular formula is C21H20ClF2N3O2. The van der Waals surface area contributed by atoms with E-state index in [-0.39, 0.29) is 17.5 Å². The van der Waals surface area contributed by atoms with Crippen LogP contribution in [0.3, 0.4) is 0 Å². The summed E-state index contributed by atoms with van der Waals surface area (Å²) in [7, 11) is 0. The average Bonchev–Trinajstić information content (AvgIpc) is 2.95. The highest BCUT2D eigenvalue weighted by Gasteiger charge is 2.21. The summed E-state index contributed by atoms with van der Waals surface area (Å²) < 4.78 is 27.3. The van der Waals surface area contributed by atoms with Crippen LogP contribution in [0.15, 0.2) is 48.5 Å². The Labute approximate surface area is 172 Å². The van der Waals surface area contributed by atoms with E-state index >= 15 is 0 Å². The molecule has 1 fully saturated rings. The largest absolute Gasteiger partial charge is 0.337 e. The summed E-state index contributed by atoms with van der Waals surface area (Å²) in [6.07, 6.45) is 2.90. The first-order valence-corrected chi connectivity index (χ1v) is 9.54. The molecule has 0 saturated carbocycles. The SMILES string of the molecule is O=C(/C=C/c1c(F)cccc1F)N1CCCN(C(=O)Nc2ccc(Cl)cc2)CC1. The fraction of sp³-hybridized carbons (Fsp3) is 0.238. The topological polar surface area (TPSA) is 52.7 Å². The number of urea groups is 1. The monoisotopic (exact) mass is 419 g/mol. The lowest BCUT2D eigenvalue weighted by atomic mass is 10.2. The molecule has 1 aliphatic rings. The van der Waals surface area contributed by atoms with Crippen LogP contribution >= 0.6 is 11.6 Å². The first kappa shape index (κ1) is 20.8. The third-order valence-corrected chi connectivity index (χ3v) is 4.83. The fourth-order valence-electron chi connectivity index (χ4n) is 3.01. The van der Waals surface area contributed by atoms with E-state index < -0.39 is 11.6 Å². The molecule has 0 unspecified atom stereocenters. The first-order chi connectivity index (χ1) is 13.9. The molecule has 3 rings (SSSR count). The van der Waals surface area contributed by atoms with Crippen molar-refractivity contribution in [3.63, 3.8) is 0 Å². The maximum atomic E-state index is 13.7. The second-order valence-corrected chi connectivity index (χ2v) is 7.01. The summed E-state index contributed by atoms with van der Waals surface area (Å²) in [5.74, 6) is -1.81. The molecule has 3 amide bonds. The smallest absolute Gasteiger partial charge is 0.321 e. The van der Waals surface area contributed by atoms with Gasteiger partial charge in [0.2, 0.25) is 5.91 Å². The van der Waals surface area contributed by atoms with Crippen molar-refractivity contribution in [1.29, 1.82) is 0 Å². The number of hydrogen-bond acceptors (Lipinski definition) is 2. The van der Waals surface area contributed by atoms with Crippen molar-refractivity contribution in [2.45, 2.75) is 6.42 Å². The number of nitrogens with zero attached hydrogens (tertiary/aromatic N) is 2. The number of carbonyl (C=O) groups excluding carboxylic acids is 2. The normalized spacial score (nSPS) is 14.7. The second-order valence-electron chi connectivity index (χ2n) is 6.57. The molecule has 1 aliphatic heterocycles. The minimum atomic E-state index is -0.727. The van der Waals surface area contributed by atoms with Crippen molar-refractivity contribution in [1.82, 2.24) is 9.80 Å². The lowest BCUT2D eigenvalue weighted by Crippen LogP contribution is -2.39. The third kappa shape index (κ3) is 5.54. The van der Waals surface area contributed by atoms with Crippen LogP contribution in [0.5, 0.6) is 0 Å². The van der Waals surface area contributed by atoms with E-state index in [1.165, 1.54) is 6.07 Å². The van der Waals surface area contributed by atoms with Gasteiger partial charge >= 0.3 is 6.03 Å². The quantitative estimate of drug-likeness (QED) is 0.750. The van der Waals surface area contributed by atoms with E-state index in [9.17, 15) is 18.4 Å². The Morgan fingerprint density at radius 2 is 1.55 bits per heavy atom. The highest BCUT2D eigenvalue weighted by Crippen LogP contribution is 2.16. The van der Waals surface area contributed by atoms with Gasteiger partial charge in [0.05, 0.1) is 0 Å². The molecular weight excluding hydrogens is 400 g/mol. The van der Waals surface area contributed by atoms with Gasteiger partial charge in [-0.25, -0.2) is 13.6 Å². The molecule has 1 saturated heterocycles. The van der Waals surface area contributed by atoms with E-state index in [0.29, 0.717) is 43.3 Å². The average molecular weight is 420 g/mol. The zero-order valence-electron chi connectivity index (χ0n) is 15.6. The molecule has 0 bridgehead atoms. The van der Waals surface area contributed by atoms with Gasteiger partial charge < -0.3 is 15.1 Å². The van der Waals surface area contributed by atoms with E-state index in [4.69, 9.17) is 11.6 Å². The van der Waals surface area contributed by atoms with E-state index in [1.807, 2.05) is 0 Å². The van der Waals surface area contributed by atoms with Gasteiger partial charge in [-0.05, 0) is 48.9 Å². The number of halogens is 3. The van der Waals surface area contributed by atoms with Crippen molar-refractivity contribution in [2.24, 2.45) is 0 Å². The number of amides is 3. The predicted octanol–water partition coefficient (Wildman–Crippen LogP) is 4.40. The highest BCUT2D eigenvalue weighted by atomic mass is 35.5. The molecule has 5 nitrogen and oxygen atoms in total. The van der Waals surface area contributed by atoms with Gasteiger partial charge in [-0.15, -0.1) is 0 Å². The lowest BCUT2D eigenvalue weighted by molar-refractivity contribution is -0.125. The van der Waals surface area contributed by atoms with Gasteiger partial charge in [0, 0.05) is 48.5 Å². The van der Waals surface area contributed by atoms with E-state index in [1.54, 1.807) is 34.1 Å². The summed E-state index contributed by atoms with van der Waals surface area (Å²) in [6.45, 7) is 1.63. The molecule has 8 heteroatoms. The Morgan fingerprint density at radius 3 is 2.24 bits per heavy atom. The Balaban J connectivity index is 1.57. The summed E-state index contributed by atoms with van der Waals surface area (Å²) in [5, 5.41) is 3.38. The predicted molar refractivity (Wildman–Crippen MR) is 109 cm³/mol. The van der Waals surface area contributed by atoms with Crippen LogP contribution in [-0.4, -0.2) is 47.9 Å². The van der Waals surface area contributed by atoms with Crippen molar-refractivity contribution in [2.75, 3.05) is 31.5 Å². The van der Waals surface area contributed by atoms with Crippen molar-refractivity contribution >= 4 is 35.3 Å². The molecule has 1 N–H and O–H groups in total. The Hall–Kier alpha value is -2.93. The van der Waals surface area contributed by atoms with Crippen LogP contribution in [0, 0.1) is 11.6 Å². The minimum Gasteiger partial charge on any atom is -0.337 e. The molecule has 0 radical (unpaired) electrons. The second kappa shape index (κ2) is 9.52. The van der Waals surface area contributed by atoms with Crippen molar-refractivity contribution < 1.29 is 18.4 Å². The van der Waals surface area contributed by atoms with Gasteiger partial charge in [0.25, 0.3) is 0 Å². The third-order valence-electron chi connectivity index (χ3n) is 4.58. The number of carbonyl (C=O) groups is 2. The molecule has 2 aromatic rings. The maximum absolute atomic E-state index is 13.7. The molecule has 0 atom stereocenters. The molecule has 29 heavy (non-hydrogen) atoms. The number of hydrogen-bond donors (Lipinski definition) is 1. The molecule has 152 valence electrons. The minimum absolute atomic E-state index is 0.250. The zero-order valence-corrected chi connectivity index (χ0v) is 16.3. The van der Waals surface area contributed by atoms with Crippen LogP contribution in [0.1, 0.15) is 12.0 Å². The van der Waals surface area contributed by atoms with Crippen LogP contribution in [0.25, 0.3) is 6.08 Å². The molecule has 0 aliphatic carbocycles. The van der Waals surface area contributed by atoms with E-state index in [2.05, 4.69) is 5.32 Å². The summed E-state index contributed by atoms with van der Waals surface area (Å²) >= 11 is 5.84. The van der Waals surface area contributed by atoms with Crippen LogP contribution in [0.2, 0.25) is 5.02 Å². The Kier molecular flexibility index (Phi) is 6.82. The maximum Gasteiger partial charge on any atom is 0.321 e.